The Bertz CT molecular complexity index is 1150. The summed E-state index contributed by atoms with van der Waals surface area (Å²) < 4.78 is 5.25. The molecule has 1 saturated carbocycles. The van der Waals surface area contributed by atoms with Crippen molar-refractivity contribution in [2.45, 2.75) is 70.6 Å². The van der Waals surface area contributed by atoms with Crippen LogP contribution < -0.4 is 5.32 Å². The zero-order valence-electron chi connectivity index (χ0n) is 22.3. The number of amides is 3. The normalized spacial score (nSPS) is 14.8. The van der Waals surface area contributed by atoms with Crippen molar-refractivity contribution >= 4 is 41.5 Å². The molecule has 1 aliphatic carbocycles. The molecule has 8 nitrogen and oxygen atoms in total. The van der Waals surface area contributed by atoms with Crippen molar-refractivity contribution < 1.29 is 23.9 Å². The Balaban J connectivity index is 1.59. The lowest BCUT2D eigenvalue weighted by molar-refractivity contribution is -0.131. The second kappa shape index (κ2) is 15.8. The second-order valence-corrected chi connectivity index (χ2v) is 10.4. The fourth-order valence-electron chi connectivity index (χ4n) is 4.61. The molecule has 3 rings (SSSR count). The first-order chi connectivity index (χ1) is 18.8. The molecule has 0 bridgehead atoms. The third-order valence-corrected chi connectivity index (χ3v) is 7.02. The quantitative estimate of drug-likeness (QED) is 0.275. The van der Waals surface area contributed by atoms with E-state index in [9.17, 15) is 19.2 Å². The van der Waals surface area contributed by atoms with Gasteiger partial charge >= 0.3 is 6.09 Å². The third-order valence-electron chi connectivity index (χ3n) is 6.78. The number of rotatable bonds is 12. The second-order valence-electron chi connectivity index (χ2n) is 9.94. The summed E-state index contributed by atoms with van der Waals surface area (Å²) in [6.07, 6.45) is 5.45. The number of aldehydes is 1. The minimum absolute atomic E-state index is 0.0310. The number of benzene rings is 2. The van der Waals surface area contributed by atoms with Crippen LogP contribution in [-0.4, -0.2) is 47.9 Å². The van der Waals surface area contributed by atoms with Gasteiger partial charge in [0.2, 0.25) is 5.91 Å². The van der Waals surface area contributed by atoms with Gasteiger partial charge in [-0.2, -0.15) is 4.99 Å². The van der Waals surface area contributed by atoms with Crippen molar-refractivity contribution in [2.24, 2.45) is 10.9 Å². The molecule has 3 amide bonds. The average Bonchev–Trinajstić information content (AvgIpc) is 2.94. The number of nitrogens with one attached hydrogen (secondary N) is 1. The van der Waals surface area contributed by atoms with Crippen LogP contribution in [0.25, 0.3) is 0 Å². The van der Waals surface area contributed by atoms with Crippen LogP contribution in [0.2, 0.25) is 5.02 Å². The number of carbonyl (C=O) groups is 4. The molecule has 0 aromatic heterocycles. The maximum Gasteiger partial charge on any atom is 0.434 e. The van der Waals surface area contributed by atoms with Gasteiger partial charge in [0.15, 0.2) is 0 Å². The van der Waals surface area contributed by atoms with Crippen LogP contribution in [0.3, 0.4) is 0 Å². The first kappa shape index (κ1) is 30.0. The molecular formula is C30H36ClN3O5. The maximum atomic E-state index is 13.1. The highest BCUT2D eigenvalue weighted by molar-refractivity contribution is 6.40. The molecule has 1 atom stereocenters. The Morgan fingerprint density at radius 2 is 1.79 bits per heavy atom. The lowest BCUT2D eigenvalue weighted by atomic mass is 9.85. The summed E-state index contributed by atoms with van der Waals surface area (Å²) in [7, 11) is 1.70. The summed E-state index contributed by atoms with van der Waals surface area (Å²) in [4.78, 5) is 55.6. The van der Waals surface area contributed by atoms with Crippen molar-refractivity contribution in [3.63, 3.8) is 0 Å². The number of nitrogens with zero attached hydrogens (tertiary/aromatic N) is 2. The monoisotopic (exact) mass is 553 g/mol. The summed E-state index contributed by atoms with van der Waals surface area (Å²) in [5, 5.41) is 3.18. The Labute approximate surface area is 234 Å². The third kappa shape index (κ3) is 10.6. The summed E-state index contributed by atoms with van der Waals surface area (Å²) >= 11 is 5.98. The fraction of sp³-hybridized carbons (Fsp3) is 0.433. The largest absolute Gasteiger partial charge is 0.443 e. The molecule has 0 heterocycles. The molecule has 0 spiro atoms. The van der Waals surface area contributed by atoms with Gasteiger partial charge in [-0.05, 0) is 42.0 Å². The number of carbonyl (C=O) groups excluding carboxylic acids is 4. The predicted molar refractivity (Wildman–Crippen MR) is 150 cm³/mol. The van der Waals surface area contributed by atoms with E-state index in [0.29, 0.717) is 29.8 Å². The van der Waals surface area contributed by atoms with Gasteiger partial charge in [0.05, 0.1) is 6.04 Å². The molecule has 1 aliphatic rings. The van der Waals surface area contributed by atoms with Crippen LogP contribution in [0.1, 0.15) is 62.5 Å². The van der Waals surface area contributed by atoms with Gasteiger partial charge in [-0.25, -0.2) is 4.79 Å². The topological polar surface area (TPSA) is 105 Å². The lowest BCUT2D eigenvalue weighted by Gasteiger charge is -2.22. The highest BCUT2D eigenvalue weighted by atomic mass is 35.5. The van der Waals surface area contributed by atoms with E-state index < -0.39 is 18.0 Å². The Morgan fingerprint density at radius 1 is 1.08 bits per heavy atom. The first-order valence-corrected chi connectivity index (χ1v) is 13.7. The van der Waals surface area contributed by atoms with Crippen LogP contribution in [0.5, 0.6) is 0 Å². The van der Waals surface area contributed by atoms with Crippen molar-refractivity contribution in [3.05, 3.63) is 70.7 Å². The predicted octanol–water partition coefficient (Wildman–Crippen LogP) is 5.51. The van der Waals surface area contributed by atoms with E-state index >= 15 is 0 Å². The molecule has 0 unspecified atom stereocenters. The minimum atomic E-state index is -0.884. The van der Waals surface area contributed by atoms with E-state index in [2.05, 4.69) is 10.3 Å². The van der Waals surface area contributed by atoms with Gasteiger partial charge in [0.25, 0.3) is 5.91 Å². The van der Waals surface area contributed by atoms with Crippen LogP contribution >= 0.6 is 11.6 Å². The van der Waals surface area contributed by atoms with Crippen molar-refractivity contribution in [2.75, 3.05) is 7.05 Å². The van der Waals surface area contributed by atoms with Crippen LogP contribution in [0, 0.1) is 5.92 Å². The zero-order chi connectivity index (χ0) is 28.0. The van der Waals surface area contributed by atoms with Gasteiger partial charge < -0.3 is 19.7 Å². The molecule has 9 heteroatoms. The van der Waals surface area contributed by atoms with Gasteiger partial charge in [0, 0.05) is 25.0 Å². The van der Waals surface area contributed by atoms with Gasteiger partial charge in [-0.3, -0.25) is 9.59 Å². The summed E-state index contributed by atoms with van der Waals surface area (Å²) in [5.74, 6) is -0.505. The maximum absolute atomic E-state index is 13.1. The average molecular weight is 554 g/mol. The Morgan fingerprint density at radius 3 is 2.49 bits per heavy atom. The van der Waals surface area contributed by atoms with E-state index in [1.54, 1.807) is 36.2 Å². The highest BCUT2D eigenvalue weighted by Gasteiger charge is 2.24. The Hall–Kier alpha value is -3.52. The SMILES string of the molecule is CN(Cc1ccccc1)C(=O)CC[C@@H](C=O)NC(=O)C(CC1CCCCC1)=NC(=O)OCc1cccc(Cl)c1. The molecule has 2 aromatic rings. The molecule has 0 radical (unpaired) electrons. The van der Waals surface area contributed by atoms with Crippen molar-refractivity contribution in [1.82, 2.24) is 10.2 Å². The highest BCUT2D eigenvalue weighted by Crippen LogP contribution is 2.27. The molecule has 0 saturated heterocycles. The number of hydrogen-bond acceptors (Lipinski definition) is 5. The Kier molecular flexibility index (Phi) is 12.2. The minimum Gasteiger partial charge on any atom is -0.443 e. The number of hydrogen-bond donors (Lipinski definition) is 1. The smallest absolute Gasteiger partial charge is 0.434 e. The van der Waals surface area contributed by atoms with E-state index in [1.807, 2.05) is 30.3 Å². The van der Waals surface area contributed by atoms with Gasteiger partial charge in [0.1, 0.15) is 18.6 Å². The standard InChI is InChI=1S/C30H36ClN3O5/c1-34(19-23-11-6-3-7-12-23)28(36)16-15-26(20-35)32-29(37)27(18-22-9-4-2-5-10-22)33-30(38)39-21-24-13-8-14-25(31)17-24/h3,6-8,11-14,17,20,22,26H,2,4-5,9-10,15-16,18-19,21H2,1H3,(H,32,37)/t26-/m0/s1. The van der Waals surface area contributed by atoms with Crippen molar-refractivity contribution in [3.8, 4) is 0 Å². The first-order valence-electron chi connectivity index (χ1n) is 13.4. The van der Waals surface area contributed by atoms with E-state index in [0.717, 1.165) is 37.7 Å². The molecule has 39 heavy (non-hydrogen) atoms. The molecule has 1 N–H and O–H groups in total. The van der Waals surface area contributed by atoms with E-state index in [1.165, 1.54) is 0 Å². The zero-order valence-corrected chi connectivity index (χ0v) is 23.1. The fourth-order valence-corrected chi connectivity index (χ4v) is 4.82. The summed E-state index contributed by atoms with van der Waals surface area (Å²) in [6, 6.07) is 15.6. The molecule has 0 aliphatic heterocycles. The summed E-state index contributed by atoms with van der Waals surface area (Å²) in [6.45, 7) is 0.421. The summed E-state index contributed by atoms with van der Waals surface area (Å²) in [5.41, 5.74) is 1.74. The molecule has 2 aromatic carbocycles. The number of ether oxygens (including phenoxy) is 1. The van der Waals surface area contributed by atoms with Crippen LogP contribution in [-0.2, 0) is 32.3 Å². The molecular weight excluding hydrogens is 518 g/mol. The number of aliphatic imine (C=N–C) groups is 1. The van der Waals surface area contributed by atoms with Crippen LogP contribution in [0.15, 0.2) is 59.6 Å². The van der Waals surface area contributed by atoms with Crippen LogP contribution in [0.4, 0.5) is 4.79 Å². The van der Waals surface area contributed by atoms with E-state index in [-0.39, 0.29) is 37.0 Å². The lowest BCUT2D eigenvalue weighted by Crippen LogP contribution is -2.42. The number of halogens is 1. The van der Waals surface area contributed by atoms with Gasteiger partial charge in [-0.15, -0.1) is 0 Å². The van der Waals surface area contributed by atoms with E-state index in [4.69, 9.17) is 16.3 Å². The molecule has 1 fully saturated rings. The molecule has 208 valence electrons. The van der Waals surface area contributed by atoms with Crippen molar-refractivity contribution in [1.29, 1.82) is 0 Å². The van der Waals surface area contributed by atoms with Gasteiger partial charge in [-0.1, -0.05) is 86.2 Å².